The van der Waals surface area contributed by atoms with Crippen molar-refractivity contribution < 1.29 is 4.74 Å². The molecule has 1 aromatic rings. The van der Waals surface area contributed by atoms with E-state index in [1.54, 1.807) is 14.2 Å². The van der Waals surface area contributed by atoms with Gasteiger partial charge in [0.2, 0.25) is 0 Å². The fourth-order valence-electron chi connectivity index (χ4n) is 1.90. The zero-order valence-corrected chi connectivity index (χ0v) is 16.0. The van der Waals surface area contributed by atoms with Crippen LogP contribution in [0.5, 0.6) is 0 Å². The topological polar surface area (TPSA) is 45.7 Å². The highest BCUT2D eigenvalue weighted by Gasteiger charge is 2.20. The van der Waals surface area contributed by atoms with E-state index in [9.17, 15) is 0 Å². The standard InChI is InChI=1S/C16H27N3O.HI/c1-13-6-8-14(9-7-13)16(2,3)12-19-15(17-4)18-10-11-20-5;/h6-9H,10-12H2,1-5H3,(H2,17,18,19);1H. The van der Waals surface area contributed by atoms with Crippen molar-refractivity contribution in [2.45, 2.75) is 26.2 Å². The number of hydrogen-bond acceptors (Lipinski definition) is 2. The number of halogens is 1. The fourth-order valence-corrected chi connectivity index (χ4v) is 1.90. The summed E-state index contributed by atoms with van der Waals surface area (Å²) in [6.45, 7) is 8.81. The third-order valence-electron chi connectivity index (χ3n) is 3.35. The molecule has 0 amide bonds. The minimum atomic E-state index is 0. The Morgan fingerprint density at radius 2 is 1.81 bits per heavy atom. The Morgan fingerprint density at radius 1 is 1.19 bits per heavy atom. The number of ether oxygens (including phenoxy) is 1. The smallest absolute Gasteiger partial charge is 0.191 e. The van der Waals surface area contributed by atoms with Crippen molar-refractivity contribution in [1.29, 1.82) is 0 Å². The maximum atomic E-state index is 5.02. The first-order valence-corrected chi connectivity index (χ1v) is 7.00. The van der Waals surface area contributed by atoms with Crippen LogP contribution in [0.1, 0.15) is 25.0 Å². The van der Waals surface area contributed by atoms with E-state index in [2.05, 4.69) is 60.7 Å². The zero-order chi connectivity index (χ0) is 15.0. The average Bonchev–Trinajstić information content (AvgIpc) is 2.43. The molecule has 0 aromatic heterocycles. The number of aryl methyl sites for hydroxylation is 1. The summed E-state index contributed by atoms with van der Waals surface area (Å²) >= 11 is 0. The molecule has 21 heavy (non-hydrogen) atoms. The first kappa shape index (κ1) is 20.2. The number of nitrogens with one attached hydrogen (secondary N) is 2. The summed E-state index contributed by atoms with van der Waals surface area (Å²) in [5.41, 5.74) is 2.66. The summed E-state index contributed by atoms with van der Waals surface area (Å²) in [7, 11) is 3.47. The van der Waals surface area contributed by atoms with Crippen LogP contribution in [-0.2, 0) is 10.2 Å². The highest BCUT2D eigenvalue weighted by atomic mass is 127. The summed E-state index contributed by atoms with van der Waals surface area (Å²) in [6, 6.07) is 8.70. The SMILES string of the molecule is CN=C(NCCOC)NCC(C)(C)c1ccc(C)cc1.I. The Labute approximate surface area is 145 Å². The second-order valence-electron chi connectivity index (χ2n) is 5.60. The molecular formula is C16H28IN3O. The van der Waals surface area contributed by atoms with E-state index in [-0.39, 0.29) is 29.4 Å². The van der Waals surface area contributed by atoms with E-state index < -0.39 is 0 Å². The molecule has 0 bridgehead atoms. The molecule has 2 N–H and O–H groups in total. The lowest BCUT2D eigenvalue weighted by Gasteiger charge is -2.27. The Morgan fingerprint density at radius 3 is 2.33 bits per heavy atom. The van der Waals surface area contributed by atoms with Gasteiger partial charge in [0.1, 0.15) is 0 Å². The van der Waals surface area contributed by atoms with Crippen molar-refractivity contribution in [3.8, 4) is 0 Å². The normalized spacial score (nSPS) is 11.8. The predicted octanol–water partition coefficient (Wildman–Crippen LogP) is 2.70. The quantitative estimate of drug-likeness (QED) is 0.331. The molecule has 0 unspecified atom stereocenters. The zero-order valence-electron chi connectivity index (χ0n) is 13.7. The molecule has 1 aromatic carbocycles. The molecule has 0 heterocycles. The highest BCUT2D eigenvalue weighted by molar-refractivity contribution is 14.0. The van der Waals surface area contributed by atoms with Crippen LogP contribution in [0, 0.1) is 6.92 Å². The molecule has 0 saturated carbocycles. The summed E-state index contributed by atoms with van der Waals surface area (Å²) in [5, 5.41) is 6.58. The molecule has 5 heteroatoms. The van der Waals surface area contributed by atoms with Crippen LogP contribution in [0.25, 0.3) is 0 Å². The van der Waals surface area contributed by atoms with Gasteiger partial charge in [0.25, 0.3) is 0 Å². The van der Waals surface area contributed by atoms with Crippen molar-refractivity contribution in [3.63, 3.8) is 0 Å². The lowest BCUT2D eigenvalue weighted by atomic mass is 9.84. The monoisotopic (exact) mass is 405 g/mol. The third kappa shape index (κ3) is 7.13. The van der Waals surface area contributed by atoms with Crippen LogP contribution in [0.2, 0.25) is 0 Å². The molecule has 0 atom stereocenters. The van der Waals surface area contributed by atoms with Gasteiger partial charge >= 0.3 is 0 Å². The van der Waals surface area contributed by atoms with Crippen molar-refractivity contribution >= 4 is 29.9 Å². The maximum absolute atomic E-state index is 5.02. The lowest BCUT2D eigenvalue weighted by Crippen LogP contribution is -2.44. The number of benzene rings is 1. The summed E-state index contributed by atoms with van der Waals surface area (Å²) in [4.78, 5) is 4.21. The molecule has 0 fully saturated rings. The summed E-state index contributed by atoms with van der Waals surface area (Å²) in [5.74, 6) is 0.808. The van der Waals surface area contributed by atoms with Crippen molar-refractivity contribution in [2.75, 3.05) is 33.9 Å². The average molecular weight is 405 g/mol. The molecule has 4 nitrogen and oxygen atoms in total. The van der Waals surface area contributed by atoms with Crippen LogP contribution in [-0.4, -0.2) is 39.8 Å². The molecule has 0 aliphatic carbocycles. The number of nitrogens with zero attached hydrogens (tertiary/aromatic N) is 1. The Kier molecular flexibility index (Phi) is 9.61. The third-order valence-corrected chi connectivity index (χ3v) is 3.35. The van der Waals surface area contributed by atoms with E-state index in [1.807, 2.05) is 0 Å². The minimum Gasteiger partial charge on any atom is -0.383 e. The minimum absolute atomic E-state index is 0. The Balaban J connectivity index is 0.00000400. The first-order chi connectivity index (χ1) is 9.49. The number of aliphatic imine (C=N–C) groups is 1. The van der Waals surface area contributed by atoms with Crippen LogP contribution < -0.4 is 10.6 Å². The molecular weight excluding hydrogens is 377 g/mol. The number of methoxy groups -OCH3 is 1. The van der Waals surface area contributed by atoms with Gasteiger partial charge < -0.3 is 15.4 Å². The molecule has 1 rings (SSSR count). The number of hydrogen-bond donors (Lipinski definition) is 2. The summed E-state index contributed by atoms with van der Waals surface area (Å²) < 4.78 is 5.02. The van der Waals surface area contributed by atoms with E-state index in [0.29, 0.717) is 6.61 Å². The van der Waals surface area contributed by atoms with E-state index in [0.717, 1.165) is 19.0 Å². The van der Waals surface area contributed by atoms with Crippen molar-refractivity contribution in [2.24, 2.45) is 4.99 Å². The largest absolute Gasteiger partial charge is 0.383 e. The van der Waals surface area contributed by atoms with Gasteiger partial charge in [0.15, 0.2) is 5.96 Å². The second kappa shape index (κ2) is 10.00. The Hall–Kier alpha value is -0.820. The maximum Gasteiger partial charge on any atom is 0.191 e. The van der Waals surface area contributed by atoms with E-state index >= 15 is 0 Å². The van der Waals surface area contributed by atoms with Gasteiger partial charge in [-0.3, -0.25) is 4.99 Å². The van der Waals surface area contributed by atoms with Gasteiger partial charge in [0.05, 0.1) is 6.61 Å². The highest BCUT2D eigenvalue weighted by Crippen LogP contribution is 2.22. The van der Waals surface area contributed by atoms with Crippen LogP contribution in [0.4, 0.5) is 0 Å². The number of guanidine groups is 1. The second-order valence-corrected chi connectivity index (χ2v) is 5.60. The van der Waals surface area contributed by atoms with Crippen LogP contribution in [0.3, 0.4) is 0 Å². The molecule has 0 aliphatic rings. The van der Waals surface area contributed by atoms with Crippen molar-refractivity contribution in [1.82, 2.24) is 10.6 Å². The van der Waals surface area contributed by atoms with Crippen molar-refractivity contribution in [3.05, 3.63) is 35.4 Å². The molecule has 0 spiro atoms. The van der Waals surface area contributed by atoms with Gasteiger partial charge in [-0.1, -0.05) is 43.7 Å². The molecule has 120 valence electrons. The molecule has 0 saturated heterocycles. The van der Waals surface area contributed by atoms with Gasteiger partial charge in [-0.15, -0.1) is 24.0 Å². The van der Waals surface area contributed by atoms with Gasteiger partial charge in [-0.05, 0) is 12.5 Å². The Bertz CT molecular complexity index is 430. The lowest BCUT2D eigenvalue weighted by molar-refractivity contribution is 0.203. The van der Waals surface area contributed by atoms with E-state index in [4.69, 9.17) is 4.74 Å². The fraction of sp³-hybridized carbons (Fsp3) is 0.562. The summed E-state index contributed by atoms with van der Waals surface area (Å²) in [6.07, 6.45) is 0. The van der Waals surface area contributed by atoms with Gasteiger partial charge in [-0.25, -0.2) is 0 Å². The molecule has 0 radical (unpaired) electrons. The molecule has 0 aliphatic heterocycles. The van der Waals surface area contributed by atoms with Crippen LogP contribution >= 0.6 is 24.0 Å². The van der Waals surface area contributed by atoms with Gasteiger partial charge in [-0.2, -0.15) is 0 Å². The van der Waals surface area contributed by atoms with E-state index in [1.165, 1.54) is 11.1 Å². The van der Waals surface area contributed by atoms with Crippen LogP contribution in [0.15, 0.2) is 29.3 Å². The predicted molar refractivity (Wildman–Crippen MR) is 101 cm³/mol. The number of rotatable bonds is 6. The first-order valence-electron chi connectivity index (χ1n) is 7.00. The van der Waals surface area contributed by atoms with Gasteiger partial charge in [0, 0.05) is 32.7 Å².